The van der Waals surface area contributed by atoms with Crippen molar-refractivity contribution in [3.05, 3.63) is 48.6 Å². The Bertz CT molecular complexity index is 389. The van der Waals surface area contributed by atoms with Crippen LogP contribution < -0.4 is 5.73 Å². The van der Waals surface area contributed by atoms with Gasteiger partial charge >= 0.3 is 0 Å². The molecule has 2 N–H and O–H groups in total. The van der Waals surface area contributed by atoms with Crippen molar-refractivity contribution in [3.63, 3.8) is 0 Å². The standard InChI is InChI=1S/C15H22N2O/c1-4-11-17(5-2)15(18)12(3)14(16)13-9-7-6-8-10-13/h4,6-10,12,14H,1,5,11,16H2,2-3H3. The molecule has 0 heterocycles. The maximum absolute atomic E-state index is 12.3. The highest BCUT2D eigenvalue weighted by Crippen LogP contribution is 2.20. The lowest BCUT2D eigenvalue weighted by molar-refractivity contribution is -0.134. The Hall–Kier alpha value is -1.61. The highest BCUT2D eigenvalue weighted by Gasteiger charge is 2.25. The lowest BCUT2D eigenvalue weighted by Gasteiger charge is -2.26. The van der Waals surface area contributed by atoms with E-state index in [1.54, 1.807) is 11.0 Å². The van der Waals surface area contributed by atoms with Gasteiger partial charge in [-0.25, -0.2) is 0 Å². The maximum atomic E-state index is 12.3. The molecule has 0 aliphatic heterocycles. The van der Waals surface area contributed by atoms with Crippen molar-refractivity contribution in [2.75, 3.05) is 13.1 Å². The van der Waals surface area contributed by atoms with E-state index in [9.17, 15) is 4.79 Å². The van der Waals surface area contributed by atoms with Gasteiger partial charge in [-0.05, 0) is 12.5 Å². The monoisotopic (exact) mass is 246 g/mol. The van der Waals surface area contributed by atoms with E-state index in [1.165, 1.54) is 0 Å². The SMILES string of the molecule is C=CCN(CC)C(=O)C(C)C(N)c1ccccc1. The van der Waals surface area contributed by atoms with E-state index in [0.29, 0.717) is 13.1 Å². The Morgan fingerprint density at radius 2 is 2.06 bits per heavy atom. The van der Waals surface area contributed by atoms with Crippen LogP contribution in [0.4, 0.5) is 0 Å². The summed E-state index contributed by atoms with van der Waals surface area (Å²) in [6, 6.07) is 9.47. The summed E-state index contributed by atoms with van der Waals surface area (Å²) < 4.78 is 0. The van der Waals surface area contributed by atoms with Crippen molar-refractivity contribution < 1.29 is 4.79 Å². The van der Waals surface area contributed by atoms with Crippen molar-refractivity contribution in [2.24, 2.45) is 11.7 Å². The molecule has 0 bridgehead atoms. The molecular formula is C15H22N2O. The van der Waals surface area contributed by atoms with Crippen molar-refractivity contribution in [1.82, 2.24) is 4.90 Å². The Balaban J connectivity index is 2.77. The quantitative estimate of drug-likeness (QED) is 0.783. The van der Waals surface area contributed by atoms with Crippen LogP contribution in [0.15, 0.2) is 43.0 Å². The summed E-state index contributed by atoms with van der Waals surface area (Å²) in [7, 11) is 0. The highest BCUT2D eigenvalue weighted by molar-refractivity contribution is 5.79. The summed E-state index contributed by atoms with van der Waals surface area (Å²) in [5, 5.41) is 0. The molecule has 0 aromatic heterocycles. The van der Waals surface area contributed by atoms with Gasteiger partial charge in [0.15, 0.2) is 0 Å². The molecule has 2 atom stereocenters. The topological polar surface area (TPSA) is 46.3 Å². The summed E-state index contributed by atoms with van der Waals surface area (Å²) in [5.74, 6) is -0.152. The highest BCUT2D eigenvalue weighted by atomic mass is 16.2. The molecule has 1 aromatic rings. The Morgan fingerprint density at radius 1 is 1.44 bits per heavy atom. The lowest BCUT2D eigenvalue weighted by Crippen LogP contribution is -2.39. The summed E-state index contributed by atoms with van der Waals surface area (Å²) >= 11 is 0. The molecule has 3 nitrogen and oxygen atoms in total. The minimum atomic E-state index is -0.266. The van der Waals surface area contributed by atoms with E-state index in [-0.39, 0.29) is 17.9 Å². The van der Waals surface area contributed by atoms with Crippen LogP contribution in [-0.4, -0.2) is 23.9 Å². The van der Waals surface area contributed by atoms with Crippen LogP contribution in [0.1, 0.15) is 25.5 Å². The molecule has 0 spiro atoms. The molecule has 18 heavy (non-hydrogen) atoms. The number of amides is 1. The molecule has 0 saturated heterocycles. The first-order valence-electron chi connectivity index (χ1n) is 6.32. The van der Waals surface area contributed by atoms with Gasteiger partial charge in [0.05, 0.1) is 5.92 Å². The van der Waals surface area contributed by atoms with Crippen molar-refractivity contribution >= 4 is 5.91 Å². The molecule has 0 aliphatic carbocycles. The van der Waals surface area contributed by atoms with E-state index in [1.807, 2.05) is 44.2 Å². The van der Waals surface area contributed by atoms with Crippen LogP contribution in [-0.2, 0) is 4.79 Å². The van der Waals surface area contributed by atoms with Crippen LogP contribution in [0, 0.1) is 5.92 Å². The number of nitrogens with zero attached hydrogens (tertiary/aromatic N) is 1. The largest absolute Gasteiger partial charge is 0.339 e. The number of rotatable bonds is 6. The smallest absolute Gasteiger partial charge is 0.227 e. The number of hydrogen-bond acceptors (Lipinski definition) is 2. The molecule has 0 radical (unpaired) electrons. The van der Waals surface area contributed by atoms with Crippen LogP contribution in [0.5, 0.6) is 0 Å². The van der Waals surface area contributed by atoms with Gasteiger partial charge in [-0.1, -0.05) is 43.3 Å². The van der Waals surface area contributed by atoms with Crippen LogP contribution >= 0.6 is 0 Å². The van der Waals surface area contributed by atoms with Crippen molar-refractivity contribution in [1.29, 1.82) is 0 Å². The van der Waals surface area contributed by atoms with Gasteiger partial charge in [0.25, 0.3) is 0 Å². The number of carbonyl (C=O) groups excluding carboxylic acids is 1. The average molecular weight is 246 g/mol. The van der Waals surface area contributed by atoms with Crippen molar-refractivity contribution in [2.45, 2.75) is 19.9 Å². The normalized spacial score (nSPS) is 13.7. The third-order valence-electron chi connectivity index (χ3n) is 3.16. The first kappa shape index (κ1) is 14.5. The maximum Gasteiger partial charge on any atom is 0.227 e. The van der Waals surface area contributed by atoms with Gasteiger partial charge < -0.3 is 10.6 Å². The number of likely N-dealkylation sites (N-methyl/N-ethyl adjacent to an activating group) is 1. The summed E-state index contributed by atoms with van der Waals surface area (Å²) in [6.07, 6.45) is 1.74. The molecule has 1 rings (SSSR count). The molecular weight excluding hydrogens is 224 g/mol. The van der Waals surface area contributed by atoms with E-state index in [0.717, 1.165) is 5.56 Å². The predicted molar refractivity (Wildman–Crippen MR) is 75.0 cm³/mol. The number of benzene rings is 1. The van der Waals surface area contributed by atoms with Gasteiger partial charge in [-0.3, -0.25) is 4.79 Å². The van der Waals surface area contributed by atoms with E-state index in [4.69, 9.17) is 5.73 Å². The molecule has 1 amide bonds. The first-order valence-corrected chi connectivity index (χ1v) is 6.32. The zero-order chi connectivity index (χ0) is 13.5. The number of hydrogen-bond donors (Lipinski definition) is 1. The third kappa shape index (κ3) is 3.44. The second-order valence-corrected chi connectivity index (χ2v) is 4.39. The van der Waals surface area contributed by atoms with Gasteiger partial charge in [-0.2, -0.15) is 0 Å². The van der Waals surface area contributed by atoms with Crippen LogP contribution in [0.3, 0.4) is 0 Å². The zero-order valence-electron chi connectivity index (χ0n) is 11.2. The molecule has 98 valence electrons. The Morgan fingerprint density at radius 3 is 2.56 bits per heavy atom. The second-order valence-electron chi connectivity index (χ2n) is 4.39. The number of carbonyl (C=O) groups is 1. The Kier molecular flexibility index (Phi) is 5.59. The van der Waals surface area contributed by atoms with E-state index < -0.39 is 0 Å². The fourth-order valence-electron chi connectivity index (χ4n) is 1.94. The second kappa shape index (κ2) is 6.97. The predicted octanol–water partition coefficient (Wildman–Crippen LogP) is 2.36. The third-order valence-corrected chi connectivity index (χ3v) is 3.16. The lowest BCUT2D eigenvalue weighted by atomic mass is 9.94. The number of nitrogens with two attached hydrogens (primary N) is 1. The minimum absolute atomic E-state index is 0.0775. The molecule has 3 heteroatoms. The summed E-state index contributed by atoms with van der Waals surface area (Å²) in [5.41, 5.74) is 7.15. The van der Waals surface area contributed by atoms with E-state index in [2.05, 4.69) is 6.58 Å². The average Bonchev–Trinajstić information content (AvgIpc) is 2.43. The molecule has 0 saturated carbocycles. The van der Waals surface area contributed by atoms with Crippen molar-refractivity contribution in [3.8, 4) is 0 Å². The molecule has 0 aliphatic rings. The first-order chi connectivity index (χ1) is 8.61. The van der Waals surface area contributed by atoms with Crippen LogP contribution in [0.25, 0.3) is 0 Å². The Labute approximate surface area is 109 Å². The van der Waals surface area contributed by atoms with Gasteiger partial charge in [-0.15, -0.1) is 6.58 Å². The summed E-state index contributed by atoms with van der Waals surface area (Å²) in [6.45, 7) is 8.76. The van der Waals surface area contributed by atoms with Gasteiger partial charge in [0.2, 0.25) is 5.91 Å². The van der Waals surface area contributed by atoms with Gasteiger partial charge in [0, 0.05) is 19.1 Å². The fourth-order valence-corrected chi connectivity index (χ4v) is 1.94. The summed E-state index contributed by atoms with van der Waals surface area (Å²) in [4.78, 5) is 14.0. The molecule has 2 unspecified atom stereocenters. The molecule has 0 fully saturated rings. The van der Waals surface area contributed by atoms with Crippen LogP contribution in [0.2, 0.25) is 0 Å². The molecule has 1 aromatic carbocycles. The fraction of sp³-hybridized carbons (Fsp3) is 0.400. The van der Waals surface area contributed by atoms with E-state index >= 15 is 0 Å². The van der Waals surface area contributed by atoms with Gasteiger partial charge in [0.1, 0.15) is 0 Å². The zero-order valence-corrected chi connectivity index (χ0v) is 11.2. The minimum Gasteiger partial charge on any atom is -0.339 e.